The second kappa shape index (κ2) is 8.08. The summed E-state index contributed by atoms with van der Waals surface area (Å²) in [4.78, 5) is 0. The molecule has 0 aliphatic heterocycles. The van der Waals surface area contributed by atoms with Crippen LogP contribution in [0.2, 0.25) is 0 Å². The summed E-state index contributed by atoms with van der Waals surface area (Å²) in [6.07, 6.45) is 0. The molecule has 0 saturated heterocycles. The fraction of sp³-hybridized carbons (Fsp3) is 0. The molecule has 0 N–H and O–H groups in total. The third kappa shape index (κ3) is 4.74. The first-order valence-corrected chi connectivity index (χ1v) is 5.40. The topological polar surface area (TPSA) is 0 Å². The van der Waals surface area contributed by atoms with E-state index in [9.17, 15) is 0 Å². The summed E-state index contributed by atoms with van der Waals surface area (Å²) < 4.78 is 0. The van der Waals surface area contributed by atoms with E-state index in [0.717, 1.165) is 0 Å². The largest absolute Gasteiger partial charge is 0.0623 e. The van der Waals surface area contributed by atoms with Crippen molar-refractivity contribution < 1.29 is 0 Å². The molecule has 3 rings (SSSR count). The van der Waals surface area contributed by atoms with Crippen molar-refractivity contribution in [2.24, 2.45) is 0 Å². The molecule has 17 heavy (non-hydrogen) atoms. The summed E-state index contributed by atoms with van der Waals surface area (Å²) in [6, 6.07) is 28.7. The number of hydrogen-bond donors (Lipinski definition) is 0. The Morgan fingerprint density at radius 1 is 0.353 bits per heavy atom. The van der Waals surface area contributed by atoms with E-state index in [1.54, 1.807) is 0 Å². The first kappa shape index (κ1) is 14.0. The minimum absolute atomic E-state index is 0. The fourth-order valence-corrected chi connectivity index (χ4v) is 1.52. The van der Waals surface area contributed by atoms with Crippen molar-refractivity contribution in [3.05, 3.63) is 84.9 Å². The average molecular weight is 229 g/mol. The van der Waals surface area contributed by atoms with Crippen LogP contribution >= 0.6 is 0 Å². The minimum atomic E-state index is 0. The van der Waals surface area contributed by atoms with Gasteiger partial charge in [-0.2, -0.15) is 0 Å². The maximum absolute atomic E-state index is 2.12. The van der Waals surface area contributed by atoms with E-state index < -0.39 is 0 Å². The SMILES string of the molecule is [Na].c1ccc2ccccc2c1.c1ccccc1. The third-order valence-electron chi connectivity index (χ3n) is 2.33. The van der Waals surface area contributed by atoms with Crippen molar-refractivity contribution in [2.75, 3.05) is 0 Å². The van der Waals surface area contributed by atoms with Crippen LogP contribution in [-0.4, -0.2) is 29.6 Å². The smallest absolute Gasteiger partial charge is 0 e. The van der Waals surface area contributed by atoms with E-state index in [1.807, 2.05) is 36.4 Å². The van der Waals surface area contributed by atoms with Gasteiger partial charge in [-0.25, -0.2) is 0 Å². The minimum Gasteiger partial charge on any atom is -0.0623 e. The van der Waals surface area contributed by atoms with Gasteiger partial charge in [-0.1, -0.05) is 84.9 Å². The average Bonchev–Trinajstić information content (AvgIpc) is 2.42. The predicted molar refractivity (Wildman–Crippen MR) is 76.1 cm³/mol. The molecule has 0 bridgehead atoms. The molecule has 0 fully saturated rings. The van der Waals surface area contributed by atoms with Crippen LogP contribution in [0.4, 0.5) is 0 Å². The molecule has 0 saturated carbocycles. The van der Waals surface area contributed by atoms with Gasteiger partial charge in [0.2, 0.25) is 0 Å². The second-order valence-electron chi connectivity index (χ2n) is 3.50. The Bertz CT molecular complexity index is 440. The van der Waals surface area contributed by atoms with Crippen LogP contribution in [0.15, 0.2) is 84.9 Å². The summed E-state index contributed by atoms with van der Waals surface area (Å²) in [5, 5.41) is 2.62. The molecule has 3 aromatic carbocycles. The Morgan fingerprint density at radius 2 is 0.588 bits per heavy atom. The van der Waals surface area contributed by atoms with Gasteiger partial charge in [0.25, 0.3) is 0 Å². The Kier molecular flexibility index (Phi) is 6.64. The molecule has 0 amide bonds. The van der Waals surface area contributed by atoms with Gasteiger partial charge in [0.15, 0.2) is 0 Å². The maximum Gasteiger partial charge on any atom is 0 e. The molecular weight excluding hydrogens is 215 g/mol. The van der Waals surface area contributed by atoms with Crippen molar-refractivity contribution in [2.45, 2.75) is 0 Å². The predicted octanol–water partition coefficient (Wildman–Crippen LogP) is 4.15. The number of benzene rings is 3. The fourth-order valence-electron chi connectivity index (χ4n) is 1.52. The number of rotatable bonds is 0. The summed E-state index contributed by atoms with van der Waals surface area (Å²) >= 11 is 0. The molecule has 0 spiro atoms. The first-order valence-electron chi connectivity index (χ1n) is 5.40. The van der Waals surface area contributed by atoms with Gasteiger partial charge < -0.3 is 0 Å². The van der Waals surface area contributed by atoms with Crippen molar-refractivity contribution >= 4 is 40.3 Å². The normalized spacial score (nSPS) is 8.71. The molecular formula is C16H14Na. The van der Waals surface area contributed by atoms with Crippen molar-refractivity contribution in [1.29, 1.82) is 0 Å². The Hall–Kier alpha value is -1.08. The van der Waals surface area contributed by atoms with Gasteiger partial charge in [0.1, 0.15) is 0 Å². The zero-order chi connectivity index (χ0) is 11.1. The molecule has 0 aliphatic rings. The molecule has 0 aromatic heterocycles. The van der Waals surface area contributed by atoms with Crippen molar-refractivity contribution in [3.63, 3.8) is 0 Å². The molecule has 1 radical (unpaired) electrons. The van der Waals surface area contributed by atoms with E-state index in [0.29, 0.717) is 0 Å². The molecule has 3 aromatic rings. The quantitative estimate of drug-likeness (QED) is 0.508. The maximum atomic E-state index is 2.12. The van der Waals surface area contributed by atoms with E-state index in [2.05, 4.69) is 48.5 Å². The summed E-state index contributed by atoms with van der Waals surface area (Å²) in [6.45, 7) is 0. The van der Waals surface area contributed by atoms with Crippen LogP contribution in [0, 0.1) is 0 Å². The van der Waals surface area contributed by atoms with Gasteiger partial charge in [-0.3, -0.25) is 0 Å². The summed E-state index contributed by atoms with van der Waals surface area (Å²) in [7, 11) is 0. The van der Waals surface area contributed by atoms with Crippen LogP contribution in [0.1, 0.15) is 0 Å². The third-order valence-corrected chi connectivity index (χ3v) is 2.33. The molecule has 0 aliphatic carbocycles. The summed E-state index contributed by atoms with van der Waals surface area (Å²) in [5.41, 5.74) is 0. The van der Waals surface area contributed by atoms with Gasteiger partial charge in [0.05, 0.1) is 0 Å². The van der Waals surface area contributed by atoms with Gasteiger partial charge in [-0.05, 0) is 10.8 Å². The van der Waals surface area contributed by atoms with Gasteiger partial charge in [-0.15, -0.1) is 0 Å². The van der Waals surface area contributed by atoms with Crippen LogP contribution in [-0.2, 0) is 0 Å². The van der Waals surface area contributed by atoms with E-state index in [4.69, 9.17) is 0 Å². The van der Waals surface area contributed by atoms with Gasteiger partial charge >= 0.3 is 0 Å². The van der Waals surface area contributed by atoms with E-state index >= 15 is 0 Å². The Balaban J connectivity index is 0.000000180. The number of hydrogen-bond acceptors (Lipinski definition) is 0. The molecule has 79 valence electrons. The molecule has 1 heteroatoms. The van der Waals surface area contributed by atoms with Crippen molar-refractivity contribution in [1.82, 2.24) is 0 Å². The van der Waals surface area contributed by atoms with E-state index in [1.165, 1.54) is 10.8 Å². The van der Waals surface area contributed by atoms with Crippen LogP contribution in [0.5, 0.6) is 0 Å². The van der Waals surface area contributed by atoms with Crippen LogP contribution < -0.4 is 0 Å². The standard InChI is InChI=1S/C10H8.C6H6.Na/c1-2-6-10-8-4-3-7-9(10)5-1;1-2-4-6-5-3-1;/h1-8H;1-6H;. The van der Waals surface area contributed by atoms with Gasteiger partial charge in [0, 0.05) is 29.6 Å². The molecule has 0 atom stereocenters. The molecule has 0 nitrogen and oxygen atoms in total. The Morgan fingerprint density at radius 3 is 0.824 bits per heavy atom. The molecule has 0 heterocycles. The zero-order valence-corrected chi connectivity index (χ0v) is 12.1. The monoisotopic (exact) mass is 229 g/mol. The first-order chi connectivity index (χ1) is 7.97. The van der Waals surface area contributed by atoms with Crippen molar-refractivity contribution in [3.8, 4) is 0 Å². The Labute approximate surface area is 125 Å². The van der Waals surface area contributed by atoms with Crippen LogP contribution in [0.25, 0.3) is 10.8 Å². The molecule has 0 unspecified atom stereocenters. The van der Waals surface area contributed by atoms with E-state index in [-0.39, 0.29) is 29.6 Å². The van der Waals surface area contributed by atoms with Crippen LogP contribution in [0.3, 0.4) is 0 Å². The number of fused-ring (bicyclic) bond motifs is 1. The summed E-state index contributed by atoms with van der Waals surface area (Å²) in [5.74, 6) is 0. The zero-order valence-electron chi connectivity index (χ0n) is 10.1. The second-order valence-corrected chi connectivity index (χ2v) is 3.50.